The third kappa shape index (κ3) is 2.97. The number of carbonyl (C=O) groups is 1. The van der Waals surface area contributed by atoms with Gasteiger partial charge < -0.3 is 14.7 Å². The van der Waals surface area contributed by atoms with Crippen LogP contribution in [0.4, 0.5) is 0 Å². The number of carbonyl (C=O) groups excluding carboxylic acids is 1. The maximum absolute atomic E-state index is 13.0. The number of methoxy groups -OCH3 is 1. The number of rotatable bonds is 5. The summed E-state index contributed by atoms with van der Waals surface area (Å²) in [5.74, 6) is 1.25. The molecule has 23 heavy (non-hydrogen) atoms. The van der Waals surface area contributed by atoms with E-state index >= 15 is 0 Å². The Balaban J connectivity index is 1.75. The molecule has 4 heteroatoms. The van der Waals surface area contributed by atoms with Crippen LogP contribution in [0.3, 0.4) is 0 Å². The quantitative estimate of drug-likeness (QED) is 0.908. The number of amides is 1. The summed E-state index contributed by atoms with van der Waals surface area (Å²) in [4.78, 5) is 14.8. The van der Waals surface area contributed by atoms with E-state index in [0.29, 0.717) is 6.54 Å². The zero-order valence-corrected chi connectivity index (χ0v) is 14.3. The van der Waals surface area contributed by atoms with Crippen LogP contribution in [0.2, 0.25) is 0 Å². The molecule has 126 valence electrons. The lowest BCUT2D eigenvalue weighted by molar-refractivity contribution is -0.133. The molecule has 1 amide bonds. The first kappa shape index (κ1) is 16.3. The third-order valence-electron chi connectivity index (χ3n) is 5.59. The van der Waals surface area contributed by atoms with Gasteiger partial charge in [-0.3, -0.25) is 4.79 Å². The van der Waals surface area contributed by atoms with E-state index in [9.17, 15) is 9.90 Å². The molecular formula is C19H27NO3. The minimum Gasteiger partial charge on any atom is -0.496 e. The van der Waals surface area contributed by atoms with Crippen LogP contribution >= 0.6 is 0 Å². The zero-order chi connectivity index (χ0) is 16.6. The Labute approximate surface area is 138 Å². The summed E-state index contributed by atoms with van der Waals surface area (Å²) in [5.41, 5.74) is 1.77. The van der Waals surface area contributed by atoms with E-state index in [4.69, 9.17) is 4.74 Å². The molecule has 2 saturated carbocycles. The van der Waals surface area contributed by atoms with Gasteiger partial charge in [0.05, 0.1) is 18.6 Å². The second-order valence-electron chi connectivity index (χ2n) is 7.21. The Morgan fingerprint density at radius 3 is 2.70 bits per heavy atom. The largest absolute Gasteiger partial charge is 0.496 e. The van der Waals surface area contributed by atoms with Crippen LogP contribution in [0.25, 0.3) is 0 Å². The summed E-state index contributed by atoms with van der Waals surface area (Å²) in [5, 5.41) is 10.00. The van der Waals surface area contributed by atoms with Crippen molar-refractivity contribution >= 4 is 5.91 Å². The topological polar surface area (TPSA) is 49.8 Å². The highest BCUT2D eigenvalue weighted by molar-refractivity contribution is 5.91. The first-order valence-electron chi connectivity index (χ1n) is 8.56. The zero-order valence-electron chi connectivity index (χ0n) is 14.3. The molecular weight excluding hydrogens is 290 g/mol. The van der Waals surface area contributed by atoms with E-state index in [1.165, 1.54) is 0 Å². The molecule has 0 aromatic heterocycles. The minimum atomic E-state index is -0.376. The number of aliphatic hydroxyl groups excluding tert-OH is 1. The number of aryl methyl sites for hydroxylation is 1. The predicted octanol–water partition coefficient (Wildman–Crippen LogP) is 2.65. The number of ether oxygens (including phenoxy) is 1. The van der Waals surface area contributed by atoms with E-state index in [1.54, 1.807) is 7.11 Å². The lowest BCUT2D eigenvalue weighted by atomic mass is 9.92. The minimum absolute atomic E-state index is 0.183. The SMILES string of the molecule is COc1cc(C2(C(=O)N(C)CC3CCCC3O)CC2)ccc1C. The molecule has 0 saturated heterocycles. The summed E-state index contributed by atoms with van der Waals surface area (Å²) >= 11 is 0. The van der Waals surface area contributed by atoms with Gasteiger partial charge in [0.25, 0.3) is 0 Å². The van der Waals surface area contributed by atoms with E-state index < -0.39 is 0 Å². The first-order valence-corrected chi connectivity index (χ1v) is 8.56. The molecule has 2 atom stereocenters. The van der Waals surface area contributed by atoms with Crippen molar-refractivity contribution in [2.45, 2.75) is 50.5 Å². The number of aliphatic hydroxyl groups is 1. The number of benzene rings is 1. The Kier molecular flexibility index (Phi) is 4.37. The van der Waals surface area contributed by atoms with Gasteiger partial charge in [-0.2, -0.15) is 0 Å². The van der Waals surface area contributed by atoms with Gasteiger partial charge in [0.15, 0.2) is 0 Å². The maximum atomic E-state index is 13.0. The Bertz CT molecular complexity index is 594. The van der Waals surface area contributed by atoms with E-state index in [2.05, 4.69) is 6.07 Å². The first-order chi connectivity index (χ1) is 11.0. The van der Waals surface area contributed by atoms with Crippen molar-refractivity contribution < 1.29 is 14.6 Å². The van der Waals surface area contributed by atoms with Crippen molar-refractivity contribution in [2.75, 3.05) is 20.7 Å². The van der Waals surface area contributed by atoms with Crippen LogP contribution in [0.15, 0.2) is 18.2 Å². The van der Waals surface area contributed by atoms with Crippen molar-refractivity contribution in [1.29, 1.82) is 0 Å². The Morgan fingerprint density at radius 2 is 2.13 bits per heavy atom. The molecule has 0 bridgehead atoms. The standard InChI is InChI=1S/C19H27NO3/c1-13-7-8-15(11-17(13)23-3)19(9-10-19)18(22)20(2)12-14-5-4-6-16(14)21/h7-8,11,14,16,21H,4-6,9-10,12H2,1-3H3. The van der Waals surface area contributed by atoms with Gasteiger partial charge >= 0.3 is 0 Å². The van der Waals surface area contributed by atoms with Gasteiger partial charge in [-0.25, -0.2) is 0 Å². The van der Waals surface area contributed by atoms with Gasteiger partial charge in [0, 0.05) is 19.5 Å². The lowest BCUT2D eigenvalue weighted by Crippen LogP contribution is -2.40. The van der Waals surface area contributed by atoms with Crippen molar-refractivity contribution in [3.8, 4) is 5.75 Å². The van der Waals surface area contributed by atoms with Crippen molar-refractivity contribution in [1.82, 2.24) is 4.90 Å². The molecule has 0 aliphatic heterocycles. The molecule has 2 aliphatic rings. The van der Waals surface area contributed by atoms with E-state index in [-0.39, 0.29) is 23.3 Å². The molecule has 0 radical (unpaired) electrons. The summed E-state index contributed by atoms with van der Waals surface area (Å²) < 4.78 is 5.41. The smallest absolute Gasteiger partial charge is 0.232 e. The third-order valence-corrected chi connectivity index (χ3v) is 5.59. The molecule has 4 nitrogen and oxygen atoms in total. The summed E-state index contributed by atoms with van der Waals surface area (Å²) in [6.07, 6.45) is 4.50. The van der Waals surface area contributed by atoms with Crippen LogP contribution < -0.4 is 4.74 Å². The van der Waals surface area contributed by atoms with Crippen LogP contribution in [-0.4, -0.2) is 42.7 Å². The van der Waals surface area contributed by atoms with E-state index in [1.807, 2.05) is 31.0 Å². The fourth-order valence-electron chi connectivity index (χ4n) is 3.90. The number of hydrogen-bond donors (Lipinski definition) is 1. The van der Waals surface area contributed by atoms with Crippen molar-refractivity contribution in [2.24, 2.45) is 5.92 Å². The van der Waals surface area contributed by atoms with Gasteiger partial charge in [-0.1, -0.05) is 18.6 Å². The number of hydrogen-bond acceptors (Lipinski definition) is 3. The predicted molar refractivity (Wildman–Crippen MR) is 89.6 cm³/mol. The number of nitrogens with zero attached hydrogens (tertiary/aromatic N) is 1. The van der Waals surface area contributed by atoms with Crippen LogP contribution in [0, 0.1) is 12.8 Å². The summed E-state index contributed by atoms with van der Waals surface area (Å²) in [6.45, 7) is 2.67. The fraction of sp³-hybridized carbons (Fsp3) is 0.632. The highest BCUT2D eigenvalue weighted by Gasteiger charge is 2.53. The molecule has 2 fully saturated rings. The fourth-order valence-corrected chi connectivity index (χ4v) is 3.90. The van der Waals surface area contributed by atoms with Gasteiger partial charge in [-0.05, 0) is 49.8 Å². The average molecular weight is 317 g/mol. The Hall–Kier alpha value is -1.55. The maximum Gasteiger partial charge on any atom is 0.232 e. The molecule has 3 rings (SSSR count). The average Bonchev–Trinajstić information content (AvgIpc) is 3.26. The van der Waals surface area contributed by atoms with Gasteiger partial charge in [0.2, 0.25) is 5.91 Å². The summed E-state index contributed by atoms with van der Waals surface area (Å²) in [6, 6.07) is 6.10. The monoisotopic (exact) mass is 317 g/mol. The molecule has 0 spiro atoms. The molecule has 2 unspecified atom stereocenters. The summed E-state index contributed by atoms with van der Waals surface area (Å²) in [7, 11) is 3.54. The van der Waals surface area contributed by atoms with E-state index in [0.717, 1.165) is 49.0 Å². The normalized spacial score (nSPS) is 25.2. The van der Waals surface area contributed by atoms with Gasteiger partial charge in [0.1, 0.15) is 5.75 Å². The molecule has 0 heterocycles. The van der Waals surface area contributed by atoms with Gasteiger partial charge in [-0.15, -0.1) is 0 Å². The van der Waals surface area contributed by atoms with Crippen LogP contribution in [-0.2, 0) is 10.2 Å². The molecule has 1 N–H and O–H groups in total. The van der Waals surface area contributed by atoms with Crippen molar-refractivity contribution in [3.63, 3.8) is 0 Å². The molecule has 1 aromatic rings. The number of likely N-dealkylation sites (N-methyl/N-ethyl adjacent to an activating group) is 1. The van der Waals surface area contributed by atoms with Crippen LogP contribution in [0.1, 0.15) is 43.2 Å². The second-order valence-corrected chi connectivity index (χ2v) is 7.21. The Morgan fingerprint density at radius 1 is 1.39 bits per heavy atom. The van der Waals surface area contributed by atoms with Crippen LogP contribution in [0.5, 0.6) is 5.75 Å². The lowest BCUT2D eigenvalue weighted by Gasteiger charge is -2.28. The molecule has 2 aliphatic carbocycles. The highest BCUT2D eigenvalue weighted by Crippen LogP contribution is 2.50. The molecule has 1 aromatic carbocycles. The van der Waals surface area contributed by atoms with Crippen molar-refractivity contribution in [3.05, 3.63) is 29.3 Å². The highest BCUT2D eigenvalue weighted by atomic mass is 16.5. The second kappa shape index (κ2) is 6.16.